The SMILES string of the molecule is Cc1cc(C(=O)c2c[nH]c3ccc(F)cc23)ccc1Cl. The summed E-state index contributed by atoms with van der Waals surface area (Å²) in [5.41, 5.74) is 2.57. The maximum absolute atomic E-state index is 13.3. The molecule has 0 aliphatic heterocycles. The monoisotopic (exact) mass is 287 g/mol. The lowest BCUT2D eigenvalue weighted by Gasteiger charge is -2.03. The number of aryl methyl sites for hydroxylation is 1. The lowest BCUT2D eigenvalue weighted by molar-refractivity contribution is 0.104. The van der Waals surface area contributed by atoms with Gasteiger partial charge in [0.25, 0.3) is 0 Å². The predicted molar refractivity (Wildman–Crippen MR) is 77.9 cm³/mol. The van der Waals surface area contributed by atoms with Crippen molar-refractivity contribution in [3.05, 3.63) is 70.1 Å². The van der Waals surface area contributed by atoms with Crippen molar-refractivity contribution < 1.29 is 9.18 Å². The van der Waals surface area contributed by atoms with Crippen molar-refractivity contribution in [3.63, 3.8) is 0 Å². The van der Waals surface area contributed by atoms with Crippen LogP contribution in [0.2, 0.25) is 5.02 Å². The largest absolute Gasteiger partial charge is 0.360 e. The van der Waals surface area contributed by atoms with Gasteiger partial charge in [0.1, 0.15) is 5.82 Å². The first-order valence-corrected chi connectivity index (χ1v) is 6.51. The quantitative estimate of drug-likeness (QED) is 0.692. The van der Waals surface area contributed by atoms with E-state index in [0.29, 0.717) is 21.5 Å². The number of aromatic amines is 1. The van der Waals surface area contributed by atoms with Gasteiger partial charge in [0, 0.05) is 33.2 Å². The number of carbonyl (C=O) groups excluding carboxylic acids is 1. The van der Waals surface area contributed by atoms with Crippen LogP contribution in [0.5, 0.6) is 0 Å². The summed E-state index contributed by atoms with van der Waals surface area (Å²) >= 11 is 5.96. The van der Waals surface area contributed by atoms with E-state index in [2.05, 4.69) is 4.98 Å². The zero-order valence-electron chi connectivity index (χ0n) is 10.7. The van der Waals surface area contributed by atoms with Crippen LogP contribution in [0.4, 0.5) is 4.39 Å². The minimum absolute atomic E-state index is 0.151. The average Bonchev–Trinajstić information content (AvgIpc) is 2.84. The first-order chi connectivity index (χ1) is 9.56. The summed E-state index contributed by atoms with van der Waals surface area (Å²) in [6.07, 6.45) is 1.61. The third-order valence-corrected chi connectivity index (χ3v) is 3.73. The summed E-state index contributed by atoms with van der Waals surface area (Å²) in [4.78, 5) is 15.5. The number of ketones is 1. The highest BCUT2D eigenvalue weighted by molar-refractivity contribution is 6.31. The Hall–Kier alpha value is -2.13. The molecule has 0 saturated carbocycles. The lowest BCUT2D eigenvalue weighted by atomic mass is 10.0. The number of nitrogens with one attached hydrogen (secondary N) is 1. The lowest BCUT2D eigenvalue weighted by Crippen LogP contribution is -2.00. The maximum atomic E-state index is 13.3. The van der Waals surface area contributed by atoms with Crippen LogP contribution in [0.25, 0.3) is 10.9 Å². The van der Waals surface area contributed by atoms with Crippen molar-refractivity contribution in [1.82, 2.24) is 4.98 Å². The Balaban J connectivity index is 2.12. The molecule has 100 valence electrons. The average molecular weight is 288 g/mol. The minimum Gasteiger partial charge on any atom is -0.360 e. The Bertz CT molecular complexity index is 822. The van der Waals surface area contributed by atoms with E-state index in [0.717, 1.165) is 11.1 Å². The van der Waals surface area contributed by atoms with Crippen LogP contribution in [0, 0.1) is 12.7 Å². The summed E-state index contributed by atoms with van der Waals surface area (Å²) in [6.45, 7) is 1.84. The second kappa shape index (κ2) is 4.76. The van der Waals surface area contributed by atoms with Crippen molar-refractivity contribution in [2.45, 2.75) is 6.92 Å². The van der Waals surface area contributed by atoms with E-state index >= 15 is 0 Å². The fourth-order valence-corrected chi connectivity index (χ4v) is 2.34. The van der Waals surface area contributed by atoms with Gasteiger partial charge in [-0.2, -0.15) is 0 Å². The zero-order valence-corrected chi connectivity index (χ0v) is 11.5. The number of rotatable bonds is 2. The number of aromatic nitrogens is 1. The molecule has 0 aliphatic carbocycles. The molecular formula is C16H11ClFNO. The maximum Gasteiger partial charge on any atom is 0.195 e. The summed E-state index contributed by atoms with van der Waals surface area (Å²) in [7, 11) is 0. The zero-order chi connectivity index (χ0) is 14.3. The van der Waals surface area contributed by atoms with Gasteiger partial charge in [0.05, 0.1) is 0 Å². The number of hydrogen-bond donors (Lipinski definition) is 1. The van der Waals surface area contributed by atoms with Gasteiger partial charge in [-0.25, -0.2) is 4.39 Å². The molecule has 0 spiro atoms. The number of benzene rings is 2. The number of halogens is 2. The molecule has 0 fully saturated rings. The predicted octanol–water partition coefficient (Wildman–Crippen LogP) is 4.50. The van der Waals surface area contributed by atoms with E-state index < -0.39 is 0 Å². The van der Waals surface area contributed by atoms with Crippen LogP contribution >= 0.6 is 11.6 Å². The summed E-state index contributed by atoms with van der Waals surface area (Å²) in [6, 6.07) is 9.45. The highest BCUT2D eigenvalue weighted by Crippen LogP contribution is 2.24. The second-order valence-electron chi connectivity index (χ2n) is 4.69. The number of hydrogen-bond acceptors (Lipinski definition) is 1. The van der Waals surface area contributed by atoms with Gasteiger partial charge in [0.15, 0.2) is 5.78 Å². The molecule has 0 bridgehead atoms. The van der Waals surface area contributed by atoms with Crippen molar-refractivity contribution in [3.8, 4) is 0 Å². The summed E-state index contributed by atoms with van der Waals surface area (Å²) in [5.74, 6) is -0.514. The van der Waals surface area contributed by atoms with Crippen LogP contribution in [-0.4, -0.2) is 10.8 Å². The van der Waals surface area contributed by atoms with Crippen LogP contribution in [0.1, 0.15) is 21.5 Å². The smallest absolute Gasteiger partial charge is 0.195 e. The van der Waals surface area contributed by atoms with E-state index in [1.165, 1.54) is 12.1 Å². The van der Waals surface area contributed by atoms with Gasteiger partial charge in [-0.1, -0.05) is 11.6 Å². The molecule has 3 rings (SSSR count). The molecule has 4 heteroatoms. The van der Waals surface area contributed by atoms with Crippen LogP contribution in [0.3, 0.4) is 0 Å². The molecule has 1 heterocycles. The molecule has 1 aromatic heterocycles. The number of H-pyrrole nitrogens is 1. The highest BCUT2D eigenvalue weighted by Gasteiger charge is 2.15. The fraction of sp³-hybridized carbons (Fsp3) is 0.0625. The second-order valence-corrected chi connectivity index (χ2v) is 5.09. The summed E-state index contributed by atoms with van der Waals surface area (Å²) < 4.78 is 13.3. The van der Waals surface area contributed by atoms with Gasteiger partial charge in [0.2, 0.25) is 0 Å². The summed E-state index contributed by atoms with van der Waals surface area (Å²) in [5, 5.41) is 1.20. The van der Waals surface area contributed by atoms with Gasteiger partial charge in [-0.3, -0.25) is 4.79 Å². The molecule has 2 nitrogen and oxygen atoms in total. The Morgan fingerprint density at radius 2 is 2.00 bits per heavy atom. The van der Waals surface area contributed by atoms with E-state index in [-0.39, 0.29) is 11.6 Å². The third kappa shape index (κ3) is 2.10. The molecule has 0 radical (unpaired) electrons. The molecule has 0 aliphatic rings. The van der Waals surface area contributed by atoms with Crippen LogP contribution < -0.4 is 0 Å². The van der Waals surface area contributed by atoms with E-state index in [1.807, 2.05) is 6.92 Å². The standard InChI is InChI=1S/C16H11ClFNO/c1-9-6-10(2-4-14(9)17)16(20)13-8-19-15-5-3-11(18)7-12(13)15/h2-8,19H,1H3. The topological polar surface area (TPSA) is 32.9 Å². The van der Waals surface area contributed by atoms with Crippen molar-refractivity contribution in [2.75, 3.05) is 0 Å². The van der Waals surface area contributed by atoms with E-state index in [1.54, 1.807) is 30.5 Å². The third-order valence-electron chi connectivity index (χ3n) is 3.31. The van der Waals surface area contributed by atoms with Gasteiger partial charge in [-0.15, -0.1) is 0 Å². The first kappa shape index (κ1) is 12.9. The van der Waals surface area contributed by atoms with Crippen molar-refractivity contribution in [2.24, 2.45) is 0 Å². The van der Waals surface area contributed by atoms with Crippen molar-refractivity contribution in [1.29, 1.82) is 0 Å². The van der Waals surface area contributed by atoms with Gasteiger partial charge < -0.3 is 4.98 Å². The highest BCUT2D eigenvalue weighted by atomic mass is 35.5. The Morgan fingerprint density at radius 3 is 2.75 bits per heavy atom. The molecule has 1 N–H and O–H groups in total. The molecule has 2 aromatic carbocycles. The van der Waals surface area contributed by atoms with Gasteiger partial charge in [-0.05, 0) is 48.9 Å². The molecule has 0 saturated heterocycles. The molecule has 0 unspecified atom stereocenters. The Morgan fingerprint density at radius 1 is 1.20 bits per heavy atom. The number of fused-ring (bicyclic) bond motifs is 1. The molecule has 20 heavy (non-hydrogen) atoms. The Labute approximate surface area is 120 Å². The molecule has 3 aromatic rings. The van der Waals surface area contributed by atoms with Crippen LogP contribution in [-0.2, 0) is 0 Å². The molecular weight excluding hydrogens is 277 g/mol. The number of carbonyl (C=O) groups is 1. The van der Waals surface area contributed by atoms with Crippen LogP contribution in [0.15, 0.2) is 42.6 Å². The normalized spacial score (nSPS) is 10.9. The van der Waals surface area contributed by atoms with Gasteiger partial charge >= 0.3 is 0 Å². The first-order valence-electron chi connectivity index (χ1n) is 6.14. The van der Waals surface area contributed by atoms with Crippen molar-refractivity contribution >= 4 is 28.3 Å². The Kier molecular flexibility index (Phi) is 3.07. The fourth-order valence-electron chi connectivity index (χ4n) is 2.22. The minimum atomic E-state index is -0.363. The van der Waals surface area contributed by atoms with E-state index in [9.17, 15) is 9.18 Å². The van der Waals surface area contributed by atoms with E-state index in [4.69, 9.17) is 11.6 Å². The molecule has 0 amide bonds. The molecule has 0 atom stereocenters.